The van der Waals surface area contributed by atoms with E-state index >= 15 is 0 Å². The first-order valence-electron chi connectivity index (χ1n) is 13.2. The lowest BCUT2D eigenvalue weighted by atomic mass is 10.0. The van der Waals surface area contributed by atoms with E-state index in [4.69, 9.17) is 10.5 Å². The van der Waals surface area contributed by atoms with Gasteiger partial charge in [0, 0.05) is 31.0 Å². The molecule has 0 radical (unpaired) electrons. The maximum absolute atomic E-state index is 13.3. The highest BCUT2D eigenvalue weighted by Crippen LogP contribution is 2.28. The summed E-state index contributed by atoms with van der Waals surface area (Å²) in [5, 5.41) is 5.91. The smallest absolute Gasteiger partial charge is 0.406 e. The molecule has 1 aliphatic rings. The summed E-state index contributed by atoms with van der Waals surface area (Å²) in [6.45, 7) is -0.0180. The monoisotopic (exact) mass is 620 g/mol. The second-order valence-electron chi connectivity index (χ2n) is 10.2. The number of halogens is 3. The van der Waals surface area contributed by atoms with Crippen LogP contribution in [0.3, 0.4) is 0 Å². The summed E-state index contributed by atoms with van der Waals surface area (Å²) < 4.78 is 69.8. The Balaban J connectivity index is 1.58. The molecule has 1 aromatic heterocycles. The average molecular weight is 621 g/mol. The maximum Gasteiger partial charge on any atom is 0.406 e. The molecule has 2 amide bonds. The van der Waals surface area contributed by atoms with Gasteiger partial charge in [-0.15, -0.1) is 0 Å². The molecule has 0 spiro atoms. The fourth-order valence-corrected chi connectivity index (χ4v) is 5.44. The van der Waals surface area contributed by atoms with Crippen molar-refractivity contribution >= 4 is 38.4 Å². The lowest BCUT2D eigenvalue weighted by Crippen LogP contribution is -2.46. The number of fused-ring (bicyclic) bond motifs is 1. The molecule has 0 atom stereocenters. The number of hydrogen-bond donors (Lipinski definition) is 3. The molecule has 230 valence electrons. The number of methoxy groups -OCH3 is 1. The molecule has 2 aromatic carbocycles. The zero-order valence-corrected chi connectivity index (χ0v) is 24.3. The van der Waals surface area contributed by atoms with Gasteiger partial charge in [-0.05, 0) is 43.2 Å². The highest BCUT2D eigenvalue weighted by molar-refractivity contribution is 7.90. The van der Waals surface area contributed by atoms with Crippen LogP contribution in [0.25, 0.3) is 11.0 Å². The summed E-state index contributed by atoms with van der Waals surface area (Å²) in [5.74, 6) is 5.19. The molecule has 15 heteroatoms. The number of piperidine rings is 1. The number of benzene rings is 2. The minimum Gasteiger partial charge on any atom is -0.495 e. The first kappa shape index (κ1) is 31.6. The number of sulfone groups is 1. The summed E-state index contributed by atoms with van der Waals surface area (Å²) in [5.41, 5.74) is 6.22. The molecular formula is C28H31F3N6O5S. The molecule has 0 aliphatic carbocycles. The third-order valence-electron chi connectivity index (χ3n) is 6.82. The first-order chi connectivity index (χ1) is 20.2. The highest BCUT2D eigenvalue weighted by Gasteiger charge is 2.30. The zero-order valence-electron chi connectivity index (χ0n) is 23.5. The van der Waals surface area contributed by atoms with Crippen molar-refractivity contribution in [2.75, 3.05) is 44.9 Å². The number of nitrogens with zero attached hydrogens (tertiary/aromatic N) is 3. The van der Waals surface area contributed by atoms with Gasteiger partial charge in [0.2, 0.25) is 5.91 Å². The molecule has 11 nitrogen and oxygen atoms in total. The topological polar surface area (TPSA) is 149 Å². The Morgan fingerprint density at radius 2 is 1.91 bits per heavy atom. The highest BCUT2D eigenvalue weighted by atomic mass is 32.2. The van der Waals surface area contributed by atoms with Gasteiger partial charge in [-0.2, -0.15) is 13.2 Å². The van der Waals surface area contributed by atoms with Gasteiger partial charge in [0.1, 0.15) is 17.8 Å². The number of ether oxygens (including phenoxy) is 1. The SMILES string of the molecule is COc1ccc(S(C)(=O)=O)cc1NCC#Cc1cc(C(=O)NC2CCN(CC(N)=O)CC2)c2ncn(CC(F)(F)F)c2c1. The van der Waals surface area contributed by atoms with Crippen LogP contribution in [0.1, 0.15) is 28.8 Å². The molecule has 0 bridgehead atoms. The van der Waals surface area contributed by atoms with E-state index in [1.807, 2.05) is 4.90 Å². The number of rotatable bonds is 9. The number of carbonyl (C=O) groups is 2. The normalized spacial score (nSPS) is 14.6. The number of nitrogens with two attached hydrogens (primary N) is 1. The van der Waals surface area contributed by atoms with Crippen molar-refractivity contribution in [3.63, 3.8) is 0 Å². The molecular weight excluding hydrogens is 589 g/mol. The first-order valence-corrected chi connectivity index (χ1v) is 15.1. The number of carbonyl (C=O) groups excluding carboxylic acids is 2. The summed E-state index contributed by atoms with van der Waals surface area (Å²) in [6, 6.07) is 7.04. The second kappa shape index (κ2) is 12.9. The summed E-state index contributed by atoms with van der Waals surface area (Å²) >= 11 is 0. The molecule has 4 N–H and O–H groups in total. The van der Waals surface area contributed by atoms with Gasteiger partial charge >= 0.3 is 6.18 Å². The van der Waals surface area contributed by atoms with Crippen molar-refractivity contribution in [3.05, 3.63) is 47.8 Å². The number of imidazole rings is 1. The van der Waals surface area contributed by atoms with Crippen LogP contribution in [-0.4, -0.2) is 86.4 Å². The van der Waals surface area contributed by atoms with Gasteiger partial charge in [0.05, 0.1) is 48.2 Å². The number of aromatic nitrogens is 2. The van der Waals surface area contributed by atoms with Crippen molar-refractivity contribution in [1.82, 2.24) is 19.8 Å². The zero-order chi connectivity index (χ0) is 31.4. The molecule has 2 heterocycles. The van der Waals surface area contributed by atoms with Crippen LogP contribution in [0.4, 0.5) is 18.9 Å². The maximum atomic E-state index is 13.3. The summed E-state index contributed by atoms with van der Waals surface area (Å²) in [4.78, 5) is 30.6. The van der Waals surface area contributed by atoms with Crippen LogP contribution in [0.2, 0.25) is 0 Å². The van der Waals surface area contributed by atoms with Crippen LogP contribution >= 0.6 is 0 Å². The second-order valence-corrected chi connectivity index (χ2v) is 12.2. The van der Waals surface area contributed by atoms with Crippen LogP contribution in [0.15, 0.2) is 41.6 Å². The molecule has 43 heavy (non-hydrogen) atoms. The molecule has 1 aliphatic heterocycles. The minimum absolute atomic E-state index is 0.0365. The lowest BCUT2D eigenvalue weighted by molar-refractivity contribution is -0.140. The molecule has 1 saturated heterocycles. The van der Waals surface area contributed by atoms with E-state index in [0.29, 0.717) is 37.4 Å². The van der Waals surface area contributed by atoms with Crippen LogP contribution in [0.5, 0.6) is 5.75 Å². The van der Waals surface area contributed by atoms with Crippen molar-refractivity contribution in [2.45, 2.75) is 36.5 Å². The predicted octanol–water partition coefficient (Wildman–Crippen LogP) is 2.15. The standard InChI is InChI=1S/C28H31F3N6O5S/c1-42-24-6-5-20(43(2,40)41)14-22(24)33-9-3-4-18-12-21(26-23(13-18)37(17-34-26)16-28(29,30)31)27(39)35-19-7-10-36(11-8-19)15-25(32)38/h5-6,12-14,17,19,33H,7-11,15-16H2,1-2H3,(H2,32,38)(H,35,39). The molecule has 1 fully saturated rings. The van der Waals surface area contributed by atoms with Gasteiger partial charge in [0.15, 0.2) is 9.84 Å². The van der Waals surface area contributed by atoms with E-state index in [1.165, 1.54) is 37.4 Å². The third-order valence-corrected chi connectivity index (χ3v) is 7.93. The Morgan fingerprint density at radius 1 is 1.19 bits per heavy atom. The Kier molecular flexibility index (Phi) is 9.51. The van der Waals surface area contributed by atoms with Crippen molar-refractivity contribution in [2.24, 2.45) is 5.73 Å². The number of amides is 2. The average Bonchev–Trinajstić information content (AvgIpc) is 3.31. The number of nitrogens with one attached hydrogen (secondary N) is 2. The molecule has 0 saturated carbocycles. The van der Waals surface area contributed by atoms with Crippen molar-refractivity contribution in [3.8, 4) is 17.6 Å². The number of alkyl halides is 3. The molecule has 4 rings (SSSR count). The van der Waals surface area contributed by atoms with E-state index < -0.39 is 34.4 Å². The fraction of sp³-hybridized carbons (Fsp3) is 0.393. The third kappa shape index (κ3) is 8.39. The molecule has 0 unspecified atom stereocenters. The summed E-state index contributed by atoms with van der Waals surface area (Å²) in [6.07, 6.45) is -1.25. The van der Waals surface area contributed by atoms with Gasteiger partial charge in [-0.1, -0.05) is 11.8 Å². The Bertz CT molecular complexity index is 1690. The van der Waals surface area contributed by atoms with Gasteiger partial charge in [-0.25, -0.2) is 13.4 Å². The lowest BCUT2D eigenvalue weighted by Gasteiger charge is -2.31. The van der Waals surface area contributed by atoms with E-state index in [2.05, 4.69) is 27.5 Å². The Morgan fingerprint density at radius 3 is 2.53 bits per heavy atom. The quantitative estimate of drug-likeness (QED) is 0.308. The Hall–Kier alpha value is -4.29. The van der Waals surface area contributed by atoms with E-state index in [9.17, 15) is 31.2 Å². The van der Waals surface area contributed by atoms with Crippen molar-refractivity contribution in [1.29, 1.82) is 0 Å². The van der Waals surface area contributed by atoms with Gasteiger partial charge in [-0.3, -0.25) is 14.5 Å². The van der Waals surface area contributed by atoms with Crippen molar-refractivity contribution < 1.29 is 35.9 Å². The van der Waals surface area contributed by atoms with Crippen LogP contribution in [-0.2, 0) is 21.2 Å². The predicted molar refractivity (Wildman–Crippen MR) is 153 cm³/mol. The number of hydrogen-bond acceptors (Lipinski definition) is 8. The molecule has 3 aromatic rings. The minimum atomic E-state index is -4.51. The van der Waals surface area contributed by atoms with E-state index in [-0.39, 0.29) is 46.2 Å². The van der Waals surface area contributed by atoms with Gasteiger partial charge < -0.3 is 25.7 Å². The largest absolute Gasteiger partial charge is 0.495 e. The Labute approximate surface area is 246 Å². The number of primary amides is 1. The van der Waals surface area contributed by atoms with Gasteiger partial charge in [0.25, 0.3) is 5.91 Å². The summed E-state index contributed by atoms with van der Waals surface area (Å²) in [7, 11) is -2.03. The van der Waals surface area contributed by atoms with E-state index in [0.717, 1.165) is 17.2 Å². The fourth-order valence-electron chi connectivity index (χ4n) is 4.79. The van der Waals surface area contributed by atoms with Crippen LogP contribution in [0, 0.1) is 11.8 Å². The number of anilines is 1. The van der Waals surface area contributed by atoms with Crippen LogP contribution < -0.4 is 21.1 Å². The van der Waals surface area contributed by atoms with E-state index in [1.54, 1.807) is 0 Å². The number of likely N-dealkylation sites (tertiary alicyclic amines) is 1.